The second kappa shape index (κ2) is 5.34. The third-order valence-corrected chi connectivity index (χ3v) is 2.73. The van der Waals surface area contributed by atoms with Crippen LogP contribution in [-0.2, 0) is 6.54 Å². The minimum atomic E-state index is 0.841. The van der Waals surface area contributed by atoms with Crippen molar-refractivity contribution in [1.82, 2.24) is 4.98 Å². The molecule has 0 saturated carbocycles. The SMILES string of the molecule is CNc1ncccc1CN(C)c1ccccc1. The number of benzene rings is 1. The highest BCUT2D eigenvalue weighted by atomic mass is 15.1. The van der Waals surface area contributed by atoms with E-state index in [2.05, 4.69) is 40.4 Å². The van der Waals surface area contributed by atoms with Crippen molar-refractivity contribution in [1.29, 1.82) is 0 Å². The number of hydrogen-bond acceptors (Lipinski definition) is 3. The molecule has 2 rings (SSSR count). The molecule has 17 heavy (non-hydrogen) atoms. The molecule has 0 fully saturated rings. The van der Waals surface area contributed by atoms with E-state index < -0.39 is 0 Å². The summed E-state index contributed by atoms with van der Waals surface area (Å²) >= 11 is 0. The highest BCUT2D eigenvalue weighted by molar-refractivity contribution is 5.49. The molecule has 0 spiro atoms. The van der Waals surface area contributed by atoms with Gasteiger partial charge in [0.15, 0.2) is 0 Å². The molecular formula is C14H17N3. The first-order chi connectivity index (χ1) is 8.31. The lowest BCUT2D eigenvalue weighted by atomic mass is 10.2. The molecule has 0 aliphatic carbocycles. The minimum Gasteiger partial charge on any atom is -0.373 e. The van der Waals surface area contributed by atoms with Crippen molar-refractivity contribution in [3.05, 3.63) is 54.2 Å². The highest BCUT2D eigenvalue weighted by Crippen LogP contribution is 2.18. The molecule has 2 aromatic rings. The fourth-order valence-corrected chi connectivity index (χ4v) is 1.82. The Morgan fingerprint density at radius 1 is 1.12 bits per heavy atom. The lowest BCUT2D eigenvalue weighted by molar-refractivity contribution is 0.917. The van der Waals surface area contributed by atoms with Crippen LogP contribution in [0.4, 0.5) is 11.5 Å². The third-order valence-electron chi connectivity index (χ3n) is 2.73. The van der Waals surface area contributed by atoms with Gasteiger partial charge in [0.05, 0.1) is 0 Å². The van der Waals surface area contributed by atoms with E-state index in [1.54, 1.807) is 6.20 Å². The molecule has 0 aliphatic rings. The number of anilines is 2. The number of rotatable bonds is 4. The minimum absolute atomic E-state index is 0.841. The maximum Gasteiger partial charge on any atom is 0.130 e. The zero-order valence-corrected chi connectivity index (χ0v) is 10.2. The van der Waals surface area contributed by atoms with Crippen LogP contribution in [0.15, 0.2) is 48.7 Å². The van der Waals surface area contributed by atoms with E-state index in [4.69, 9.17) is 0 Å². The van der Waals surface area contributed by atoms with Crippen LogP contribution in [0, 0.1) is 0 Å². The zero-order valence-electron chi connectivity index (χ0n) is 10.2. The van der Waals surface area contributed by atoms with Crippen molar-refractivity contribution in [3.8, 4) is 0 Å². The van der Waals surface area contributed by atoms with Crippen LogP contribution in [0.5, 0.6) is 0 Å². The van der Waals surface area contributed by atoms with Gasteiger partial charge in [0.2, 0.25) is 0 Å². The van der Waals surface area contributed by atoms with Crippen molar-refractivity contribution >= 4 is 11.5 Å². The molecule has 0 aliphatic heterocycles. The second-order valence-corrected chi connectivity index (χ2v) is 3.95. The van der Waals surface area contributed by atoms with E-state index in [0.717, 1.165) is 12.4 Å². The summed E-state index contributed by atoms with van der Waals surface area (Å²) in [5, 5.41) is 3.11. The van der Waals surface area contributed by atoms with Gasteiger partial charge in [-0.25, -0.2) is 4.98 Å². The van der Waals surface area contributed by atoms with E-state index in [1.165, 1.54) is 11.3 Å². The van der Waals surface area contributed by atoms with Crippen molar-refractivity contribution in [2.24, 2.45) is 0 Å². The van der Waals surface area contributed by atoms with Gasteiger partial charge in [-0.2, -0.15) is 0 Å². The van der Waals surface area contributed by atoms with Crippen LogP contribution in [0.3, 0.4) is 0 Å². The smallest absolute Gasteiger partial charge is 0.130 e. The van der Waals surface area contributed by atoms with Gasteiger partial charge in [-0.3, -0.25) is 0 Å². The Bertz CT molecular complexity index is 468. The van der Waals surface area contributed by atoms with Crippen molar-refractivity contribution in [3.63, 3.8) is 0 Å². The van der Waals surface area contributed by atoms with Gasteiger partial charge in [0.25, 0.3) is 0 Å². The molecule has 88 valence electrons. The molecule has 0 radical (unpaired) electrons. The van der Waals surface area contributed by atoms with E-state index in [-0.39, 0.29) is 0 Å². The predicted octanol–water partition coefficient (Wildman–Crippen LogP) is 2.76. The van der Waals surface area contributed by atoms with Crippen molar-refractivity contribution < 1.29 is 0 Å². The molecule has 0 atom stereocenters. The molecule has 0 saturated heterocycles. The van der Waals surface area contributed by atoms with Gasteiger partial charge in [0.1, 0.15) is 5.82 Å². The Kier molecular flexibility index (Phi) is 3.60. The summed E-state index contributed by atoms with van der Waals surface area (Å²) in [6.45, 7) is 0.841. The first-order valence-electron chi connectivity index (χ1n) is 5.69. The molecule has 3 nitrogen and oxygen atoms in total. The Labute approximate surface area is 102 Å². The Balaban J connectivity index is 2.16. The van der Waals surface area contributed by atoms with Gasteiger partial charge in [-0.15, -0.1) is 0 Å². The summed E-state index contributed by atoms with van der Waals surface area (Å²) in [7, 11) is 3.98. The Hall–Kier alpha value is -2.03. The number of para-hydroxylation sites is 1. The number of nitrogens with one attached hydrogen (secondary N) is 1. The summed E-state index contributed by atoms with van der Waals surface area (Å²) < 4.78 is 0. The largest absolute Gasteiger partial charge is 0.373 e. The zero-order chi connectivity index (χ0) is 12.1. The van der Waals surface area contributed by atoms with E-state index in [1.807, 2.05) is 31.3 Å². The number of hydrogen-bond donors (Lipinski definition) is 1. The normalized spacial score (nSPS) is 10.0. The van der Waals surface area contributed by atoms with E-state index in [0.29, 0.717) is 0 Å². The van der Waals surface area contributed by atoms with Crippen LogP contribution in [0.1, 0.15) is 5.56 Å². The van der Waals surface area contributed by atoms with Gasteiger partial charge >= 0.3 is 0 Å². The molecule has 0 amide bonds. The summed E-state index contributed by atoms with van der Waals surface area (Å²) in [6.07, 6.45) is 1.80. The fourth-order valence-electron chi connectivity index (χ4n) is 1.82. The number of pyridine rings is 1. The molecule has 1 aromatic carbocycles. The summed E-state index contributed by atoms with van der Waals surface area (Å²) in [6, 6.07) is 14.4. The van der Waals surface area contributed by atoms with Crippen LogP contribution in [0.25, 0.3) is 0 Å². The average Bonchev–Trinajstić information content (AvgIpc) is 2.40. The lowest BCUT2D eigenvalue weighted by Crippen LogP contribution is -2.17. The fraction of sp³-hybridized carbons (Fsp3) is 0.214. The van der Waals surface area contributed by atoms with E-state index in [9.17, 15) is 0 Å². The molecule has 1 heterocycles. The van der Waals surface area contributed by atoms with Crippen LogP contribution < -0.4 is 10.2 Å². The molecule has 0 bridgehead atoms. The van der Waals surface area contributed by atoms with Crippen molar-refractivity contribution in [2.75, 3.05) is 24.3 Å². The summed E-state index contributed by atoms with van der Waals surface area (Å²) in [5.74, 6) is 0.940. The number of aromatic nitrogens is 1. The Morgan fingerprint density at radius 2 is 1.88 bits per heavy atom. The predicted molar refractivity (Wildman–Crippen MR) is 72.3 cm³/mol. The van der Waals surface area contributed by atoms with Gasteiger partial charge in [0, 0.05) is 38.1 Å². The van der Waals surface area contributed by atoms with E-state index >= 15 is 0 Å². The third kappa shape index (κ3) is 2.75. The lowest BCUT2D eigenvalue weighted by Gasteiger charge is -2.20. The standard InChI is InChI=1S/C14H17N3/c1-15-14-12(7-6-10-16-14)11-17(2)13-8-4-3-5-9-13/h3-10H,11H2,1-2H3,(H,15,16). The monoisotopic (exact) mass is 227 g/mol. The van der Waals surface area contributed by atoms with Crippen LogP contribution in [-0.4, -0.2) is 19.1 Å². The van der Waals surface area contributed by atoms with Crippen LogP contribution >= 0.6 is 0 Å². The molecule has 0 unspecified atom stereocenters. The van der Waals surface area contributed by atoms with Crippen LogP contribution in [0.2, 0.25) is 0 Å². The summed E-state index contributed by atoms with van der Waals surface area (Å²) in [4.78, 5) is 6.51. The van der Waals surface area contributed by atoms with Gasteiger partial charge < -0.3 is 10.2 Å². The molecule has 1 aromatic heterocycles. The second-order valence-electron chi connectivity index (χ2n) is 3.95. The summed E-state index contributed by atoms with van der Waals surface area (Å²) in [5.41, 5.74) is 2.40. The Morgan fingerprint density at radius 3 is 2.59 bits per heavy atom. The maximum atomic E-state index is 4.31. The van der Waals surface area contributed by atoms with Crippen molar-refractivity contribution in [2.45, 2.75) is 6.54 Å². The maximum absolute atomic E-state index is 4.31. The van der Waals surface area contributed by atoms with Gasteiger partial charge in [-0.1, -0.05) is 24.3 Å². The number of nitrogens with zero attached hydrogens (tertiary/aromatic N) is 2. The molecule has 3 heteroatoms. The topological polar surface area (TPSA) is 28.2 Å². The molecular weight excluding hydrogens is 210 g/mol. The average molecular weight is 227 g/mol. The quantitative estimate of drug-likeness (QED) is 0.870. The first-order valence-corrected chi connectivity index (χ1v) is 5.69. The first kappa shape index (κ1) is 11.5. The van der Waals surface area contributed by atoms with Gasteiger partial charge in [-0.05, 0) is 18.2 Å². The highest BCUT2D eigenvalue weighted by Gasteiger charge is 2.05. The molecule has 1 N–H and O–H groups in total.